The van der Waals surface area contributed by atoms with Crippen molar-refractivity contribution in [3.8, 4) is 5.75 Å². The second-order valence-corrected chi connectivity index (χ2v) is 6.83. The minimum atomic E-state index is -0.0944. The lowest BCUT2D eigenvalue weighted by Crippen LogP contribution is -2.50. The van der Waals surface area contributed by atoms with E-state index in [0.717, 1.165) is 30.9 Å². The molecule has 0 aliphatic carbocycles. The van der Waals surface area contributed by atoms with Gasteiger partial charge in [-0.2, -0.15) is 0 Å². The van der Waals surface area contributed by atoms with E-state index in [1.807, 2.05) is 24.3 Å². The lowest BCUT2D eigenvalue weighted by molar-refractivity contribution is -0.120. The Morgan fingerprint density at radius 1 is 1.21 bits per heavy atom. The van der Waals surface area contributed by atoms with Crippen molar-refractivity contribution in [1.82, 2.24) is 20.3 Å². The maximum atomic E-state index is 12.4. The third-order valence-corrected chi connectivity index (χ3v) is 4.76. The third-order valence-electron chi connectivity index (χ3n) is 4.76. The Hall–Kier alpha value is -2.87. The van der Waals surface area contributed by atoms with Crippen LogP contribution in [0.15, 0.2) is 34.9 Å². The fourth-order valence-electron chi connectivity index (χ4n) is 3.19. The molecule has 0 atom stereocenters. The quantitative estimate of drug-likeness (QED) is 0.767. The minimum absolute atomic E-state index is 0.0107. The first-order chi connectivity index (χ1) is 13.5. The Balaban J connectivity index is 1.36. The van der Waals surface area contributed by atoms with Gasteiger partial charge in [0, 0.05) is 45.3 Å². The monoisotopic (exact) mass is 386 g/mol. The van der Waals surface area contributed by atoms with Crippen molar-refractivity contribution in [3.63, 3.8) is 0 Å². The molecule has 0 spiro atoms. The lowest BCUT2D eigenvalue weighted by atomic mass is 10.1. The van der Waals surface area contributed by atoms with Gasteiger partial charge in [0.1, 0.15) is 11.5 Å². The Kier molecular flexibility index (Phi) is 6.65. The number of nitrogens with zero attached hydrogens (tertiary/aromatic N) is 3. The molecule has 0 unspecified atom stereocenters. The van der Waals surface area contributed by atoms with Gasteiger partial charge in [-0.25, -0.2) is 0 Å². The first-order valence-electron chi connectivity index (χ1n) is 9.40. The van der Waals surface area contributed by atoms with Crippen molar-refractivity contribution in [2.45, 2.75) is 13.3 Å². The van der Waals surface area contributed by atoms with Crippen LogP contribution in [0.4, 0.5) is 0 Å². The predicted molar refractivity (Wildman–Crippen MR) is 103 cm³/mol. The van der Waals surface area contributed by atoms with Gasteiger partial charge >= 0.3 is 0 Å². The lowest BCUT2D eigenvalue weighted by Gasteiger charge is -2.34. The summed E-state index contributed by atoms with van der Waals surface area (Å²) in [5.74, 6) is 1.27. The summed E-state index contributed by atoms with van der Waals surface area (Å²) in [5, 5.41) is 6.74. The predicted octanol–water partition coefficient (Wildman–Crippen LogP) is 1.11. The van der Waals surface area contributed by atoms with Gasteiger partial charge in [0.15, 0.2) is 5.69 Å². The van der Waals surface area contributed by atoms with Crippen LogP contribution in [0, 0.1) is 6.92 Å². The summed E-state index contributed by atoms with van der Waals surface area (Å²) in [6.45, 7) is 5.94. The molecule has 0 bridgehead atoms. The van der Waals surface area contributed by atoms with Gasteiger partial charge in [0.05, 0.1) is 13.5 Å². The number of nitrogens with one attached hydrogen (secondary N) is 1. The average molecular weight is 386 g/mol. The zero-order valence-corrected chi connectivity index (χ0v) is 16.3. The van der Waals surface area contributed by atoms with E-state index in [1.165, 1.54) is 0 Å². The van der Waals surface area contributed by atoms with Crippen LogP contribution in [-0.2, 0) is 11.2 Å². The Morgan fingerprint density at radius 3 is 2.68 bits per heavy atom. The van der Waals surface area contributed by atoms with Crippen LogP contribution in [0.1, 0.15) is 21.8 Å². The number of hydrogen-bond donors (Lipinski definition) is 1. The maximum absolute atomic E-state index is 12.4. The molecule has 1 aromatic carbocycles. The number of carbonyl (C=O) groups excluding carboxylic acids is 2. The molecule has 1 saturated heterocycles. The van der Waals surface area contributed by atoms with E-state index in [1.54, 1.807) is 25.0 Å². The second-order valence-electron chi connectivity index (χ2n) is 6.83. The van der Waals surface area contributed by atoms with Crippen molar-refractivity contribution in [3.05, 3.63) is 47.3 Å². The minimum Gasteiger partial charge on any atom is -0.497 e. The highest BCUT2D eigenvalue weighted by Crippen LogP contribution is 2.13. The first-order valence-corrected chi connectivity index (χ1v) is 9.40. The van der Waals surface area contributed by atoms with Crippen molar-refractivity contribution in [1.29, 1.82) is 0 Å². The molecule has 8 nitrogen and oxygen atoms in total. The molecule has 1 aromatic heterocycles. The van der Waals surface area contributed by atoms with E-state index in [-0.39, 0.29) is 11.8 Å². The van der Waals surface area contributed by atoms with Crippen molar-refractivity contribution < 1.29 is 18.8 Å². The largest absolute Gasteiger partial charge is 0.497 e. The van der Waals surface area contributed by atoms with Gasteiger partial charge in [0.25, 0.3) is 5.91 Å². The number of piperazine rings is 1. The summed E-state index contributed by atoms with van der Waals surface area (Å²) < 4.78 is 10.1. The Morgan fingerprint density at radius 2 is 2.00 bits per heavy atom. The Bertz CT molecular complexity index is 812. The normalized spacial score (nSPS) is 14.7. The van der Waals surface area contributed by atoms with Crippen LogP contribution in [0.2, 0.25) is 0 Å². The summed E-state index contributed by atoms with van der Waals surface area (Å²) in [7, 11) is 1.61. The number of aryl methyl sites for hydroxylation is 1. The molecule has 1 aliphatic heterocycles. The van der Waals surface area contributed by atoms with Gasteiger partial charge < -0.3 is 19.5 Å². The zero-order chi connectivity index (χ0) is 19.9. The fraction of sp³-hybridized carbons (Fsp3) is 0.450. The van der Waals surface area contributed by atoms with Gasteiger partial charge in [-0.05, 0) is 24.6 Å². The molecule has 0 saturated carbocycles. The van der Waals surface area contributed by atoms with Gasteiger partial charge in [-0.1, -0.05) is 17.3 Å². The van der Waals surface area contributed by atoms with Crippen molar-refractivity contribution in [2.75, 3.05) is 46.4 Å². The van der Waals surface area contributed by atoms with Gasteiger partial charge in [0.2, 0.25) is 5.91 Å². The topological polar surface area (TPSA) is 87.9 Å². The van der Waals surface area contributed by atoms with Crippen LogP contribution >= 0.6 is 0 Å². The summed E-state index contributed by atoms with van der Waals surface area (Å²) in [6, 6.07) is 9.17. The number of ether oxygens (including phenoxy) is 1. The van der Waals surface area contributed by atoms with Crippen molar-refractivity contribution in [2.24, 2.45) is 0 Å². The average Bonchev–Trinajstić information content (AvgIpc) is 3.14. The van der Waals surface area contributed by atoms with E-state index < -0.39 is 0 Å². The number of methoxy groups -OCH3 is 1. The number of hydrogen-bond acceptors (Lipinski definition) is 6. The summed E-state index contributed by atoms with van der Waals surface area (Å²) in [6.07, 6.45) is 0.330. The van der Waals surface area contributed by atoms with E-state index in [4.69, 9.17) is 9.26 Å². The SMILES string of the molecule is COc1cccc(CC(=O)NCCN2CCN(C(=O)c3cc(C)on3)CC2)c1. The van der Waals surface area contributed by atoms with Crippen LogP contribution in [-0.4, -0.2) is 73.1 Å². The third kappa shape index (κ3) is 5.32. The van der Waals surface area contributed by atoms with E-state index in [2.05, 4.69) is 15.4 Å². The number of amides is 2. The molecule has 1 N–H and O–H groups in total. The first kappa shape index (κ1) is 19.9. The number of carbonyl (C=O) groups is 2. The highest BCUT2D eigenvalue weighted by Gasteiger charge is 2.24. The van der Waals surface area contributed by atoms with E-state index >= 15 is 0 Å². The highest BCUT2D eigenvalue weighted by molar-refractivity contribution is 5.92. The number of rotatable bonds is 7. The summed E-state index contributed by atoms with van der Waals surface area (Å²) in [5.41, 5.74) is 1.28. The molecule has 150 valence electrons. The molecule has 0 radical (unpaired) electrons. The smallest absolute Gasteiger partial charge is 0.276 e. The molecule has 2 heterocycles. The number of aromatic nitrogens is 1. The standard InChI is InChI=1S/C20H26N4O4/c1-15-12-18(22-28-15)20(26)24-10-8-23(9-11-24)7-6-21-19(25)14-16-4-3-5-17(13-16)27-2/h3-5,12-13H,6-11,14H2,1-2H3,(H,21,25). The van der Waals surface area contributed by atoms with Gasteiger partial charge in [-0.15, -0.1) is 0 Å². The molecule has 2 aromatic rings. The summed E-state index contributed by atoms with van der Waals surface area (Å²) in [4.78, 5) is 28.5. The van der Waals surface area contributed by atoms with Crippen LogP contribution in [0.3, 0.4) is 0 Å². The molecule has 8 heteroatoms. The molecule has 1 fully saturated rings. The molecule has 28 heavy (non-hydrogen) atoms. The Labute approximate surface area is 164 Å². The molecule has 2 amide bonds. The molecular formula is C20H26N4O4. The summed E-state index contributed by atoms with van der Waals surface area (Å²) >= 11 is 0. The maximum Gasteiger partial charge on any atom is 0.276 e. The van der Waals surface area contributed by atoms with Crippen molar-refractivity contribution >= 4 is 11.8 Å². The zero-order valence-electron chi connectivity index (χ0n) is 16.3. The number of benzene rings is 1. The molecular weight excluding hydrogens is 360 g/mol. The second kappa shape index (κ2) is 9.36. The highest BCUT2D eigenvalue weighted by atomic mass is 16.5. The van der Waals surface area contributed by atoms with E-state index in [9.17, 15) is 9.59 Å². The van der Waals surface area contributed by atoms with Crippen LogP contribution < -0.4 is 10.1 Å². The van der Waals surface area contributed by atoms with Crippen LogP contribution in [0.5, 0.6) is 5.75 Å². The fourth-order valence-corrected chi connectivity index (χ4v) is 3.19. The van der Waals surface area contributed by atoms with Gasteiger partial charge in [-0.3, -0.25) is 14.5 Å². The molecule has 1 aliphatic rings. The molecule has 3 rings (SSSR count). The van der Waals surface area contributed by atoms with E-state index in [0.29, 0.717) is 37.5 Å². The van der Waals surface area contributed by atoms with Crippen LogP contribution in [0.25, 0.3) is 0 Å².